The summed E-state index contributed by atoms with van der Waals surface area (Å²) in [5.74, 6) is 2.62. The molecule has 30 heavy (non-hydrogen) atoms. The van der Waals surface area contributed by atoms with Gasteiger partial charge >= 0.3 is 0 Å². The summed E-state index contributed by atoms with van der Waals surface area (Å²) in [4.78, 5) is 9.56. The first-order valence-electron chi connectivity index (χ1n) is 9.52. The second-order valence-corrected chi connectivity index (χ2v) is 8.13. The van der Waals surface area contributed by atoms with Crippen LogP contribution in [0.3, 0.4) is 0 Å². The fourth-order valence-corrected chi connectivity index (χ4v) is 4.20. The van der Waals surface area contributed by atoms with Gasteiger partial charge in [-0.3, -0.25) is 14.1 Å². The quantitative estimate of drug-likeness (QED) is 0.424. The van der Waals surface area contributed by atoms with E-state index in [0.29, 0.717) is 16.5 Å². The predicted molar refractivity (Wildman–Crippen MR) is 119 cm³/mol. The molecule has 0 saturated carbocycles. The number of hydrogen-bond donors (Lipinski definition) is 0. The monoisotopic (exact) mass is 436 g/mol. The number of imidazole rings is 1. The molecule has 2 aromatic carbocycles. The van der Waals surface area contributed by atoms with E-state index in [2.05, 4.69) is 44.0 Å². The Labute approximate surface area is 183 Å². The van der Waals surface area contributed by atoms with Gasteiger partial charge in [0.25, 0.3) is 0 Å². The molecule has 0 spiro atoms. The minimum absolute atomic E-state index is 0.480. The summed E-state index contributed by atoms with van der Waals surface area (Å²) in [7, 11) is 0. The van der Waals surface area contributed by atoms with Gasteiger partial charge < -0.3 is 0 Å². The molecular formula is C22H18Cl2N6. The van der Waals surface area contributed by atoms with Crippen LogP contribution in [-0.2, 0) is 6.42 Å². The SMILES string of the molecule is Cc1cnc2n1-c1cc(Cl)c(Cl)cc1N=C(c1ccc(-n3c(C)nnc3C)cc1)C2. The molecule has 8 heteroatoms. The van der Waals surface area contributed by atoms with Gasteiger partial charge in [0, 0.05) is 24.0 Å². The second-order valence-electron chi connectivity index (χ2n) is 7.32. The third-order valence-electron chi connectivity index (χ3n) is 5.30. The molecule has 0 amide bonds. The molecule has 0 radical (unpaired) electrons. The summed E-state index contributed by atoms with van der Waals surface area (Å²) in [6, 6.07) is 11.9. The Hall–Kier alpha value is -2.96. The largest absolute Gasteiger partial charge is 0.298 e. The molecule has 1 aliphatic rings. The Morgan fingerprint density at radius 2 is 1.53 bits per heavy atom. The van der Waals surface area contributed by atoms with Crippen molar-refractivity contribution in [2.24, 2.45) is 4.99 Å². The van der Waals surface area contributed by atoms with Crippen LogP contribution in [0, 0.1) is 20.8 Å². The van der Waals surface area contributed by atoms with Crippen LogP contribution in [0.15, 0.2) is 47.6 Å². The third kappa shape index (κ3) is 3.04. The molecule has 0 fully saturated rings. The summed E-state index contributed by atoms with van der Waals surface area (Å²) in [5, 5.41) is 9.26. The van der Waals surface area contributed by atoms with Crippen LogP contribution in [0.4, 0.5) is 5.69 Å². The summed E-state index contributed by atoms with van der Waals surface area (Å²) in [5.41, 5.74) is 5.64. The van der Waals surface area contributed by atoms with Gasteiger partial charge in [-0.05, 0) is 50.6 Å². The Balaban J connectivity index is 1.63. The highest BCUT2D eigenvalue weighted by Crippen LogP contribution is 2.37. The maximum absolute atomic E-state index is 6.30. The third-order valence-corrected chi connectivity index (χ3v) is 6.02. The van der Waals surface area contributed by atoms with E-state index in [4.69, 9.17) is 28.2 Å². The van der Waals surface area contributed by atoms with E-state index in [0.717, 1.165) is 51.5 Å². The van der Waals surface area contributed by atoms with Gasteiger partial charge in [0.15, 0.2) is 0 Å². The molecule has 4 aromatic rings. The van der Waals surface area contributed by atoms with Gasteiger partial charge in [-0.15, -0.1) is 10.2 Å². The number of halogens is 2. The van der Waals surface area contributed by atoms with Crippen LogP contribution < -0.4 is 0 Å². The van der Waals surface area contributed by atoms with Gasteiger partial charge in [0.1, 0.15) is 17.5 Å². The van der Waals surface area contributed by atoms with Crippen LogP contribution in [0.5, 0.6) is 0 Å². The molecule has 3 heterocycles. The van der Waals surface area contributed by atoms with Gasteiger partial charge in [-0.1, -0.05) is 35.3 Å². The Bertz CT molecular complexity index is 1290. The lowest BCUT2D eigenvalue weighted by molar-refractivity contribution is 0.925. The number of fused-ring (bicyclic) bond motifs is 3. The van der Waals surface area contributed by atoms with Crippen molar-refractivity contribution in [1.82, 2.24) is 24.3 Å². The molecule has 0 aliphatic carbocycles. The number of nitrogens with zero attached hydrogens (tertiary/aromatic N) is 6. The summed E-state index contributed by atoms with van der Waals surface area (Å²) in [6.07, 6.45) is 2.47. The highest BCUT2D eigenvalue weighted by molar-refractivity contribution is 6.42. The first kappa shape index (κ1) is 19.0. The Kier molecular flexibility index (Phi) is 4.49. The van der Waals surface area contributed by atoms with Crippen molar-refractivity contribution in [1.29, 1.82) is 0 Å². The van der Waals surface area contributed by atoms with Crippen LogP contribution in [-0.4, -0.2) is 30.0 Å². The van der Waals surface area contributed by atoms with E-state index in [9.17, 15) is 0 Å². The minimum atomic E-state index is 0.480. The molecule has 5 rings (SSSR count). The van der Waals surface area contributed by atoms with Crippen LogP contribution in [0.1, 0.15) is 28.7 Å². The Morgan fingerprint density at radius 3 is 2.23 bits per heavy atom. The molecule has 0 N–H and O–H groups in total. The summed E-state index contributed by atoms with van der Waals surface area (Å²) < 4.78 is 4.11. The zero-order valence-corrected chi connectivity index (χ0v) is 18.2. The molecule has 2 aromatic heterocycles. The topological polar surface area (TPSA) is 60.9 Å². The van der Waals surface area contributed by atoms with E-state index in [1.165, 1.54) is 0 Å². The maximum Gasteiger partial charge on any atom is 0.134 e. The van der Waals surface area contributed by atoms with E-state index < -0.39 is 0 Å². The highest BCUT2D eigenvalue weighted by atomic mass is 35.5. The number of rotatable bonds is 2. The van der Waals surface area contributed by atoms with E-state index >= 15 is 0 Å². The number of benzene rings is 2. The number of hydrogen-bond acceptors (Lipinski definition) is 4. The van der Waals surface area contributed by atoms with Crippen LogP contribution in [0.25, 0.3) is 11.4 Å². The molecule has 0 unspecified atom stereocenters. The predicted octanol–water partition coefficient (Wildman–Crippen LogP) is 5.36. The number of aryl methyl sites for hydroxylation is 3. The Morgan fingerprint density at radius 1 is 0.867 bits per heavy atom. The minimum Gasteiger partial charge on any atom is -0.298 e. The van der Waals surface area contributed by atoms with Crippen molar-refractivity contribution < 1.29 is 0 Å². The molecule has 0 atom stereocenters. The smallest absolute Gasteiger partial charge is 0.134 e. The van der Waals surface area contributed by atoms with Crippen molar-refractivity contribution in [3.8, 4) is 11.4 Å². The van der Waals surface area contributed by atoms with Gasteiger partial charge in [0.2, 0.25) is 0 Å². The number of aliphatic imine (C=N–C) groups is 1. The normalized spacial score (nSPS) is 12.9. The first-order valence-corrected chi connectivity index (χ1v) is 10.3. The summed E-state index contributed by atoms with van der Waals surface area (Å²) >= 11 is 12.6. The lowest BCUT2D eigenvalue weighted by Crippen LogP contribution is -2.09. The van der Waals surface area contributed by atoms with E-state index in [1.54, 1.807) is 0 Å². The molecule has 6 nitrogen and oxygen atoms in total. The molecule has 0 bridgehead atoms. The van der Waals surface area contributed by atoms with Gasteiger partial charge in [0.05, 0.1) is 27.1 Å². The molecular weight excluding hydrogens is 419 g/mol. The zero-order valence-electron chi connectivity index (χ0n) is 16.7. The highest BCUT2D eigenvalue weighted by Gasteiger charge is 2.21. The molecule has 0 saturated heterocycles. The van der Waals surface area contributed by atoms with Gasteiger partial charge in [-0.25, -0.2) is 4.98 Å². The first-order chi connectivity index (χ1) is 14.4. The second kappa shape index (κ2) is 7.07. The van der Waals surface area contributed by atoms with Crippen molar-refractivity contribution in [3.63, 3.8) is 0 Å². The van der Waals surface area contributed by atoms with Gasteiger partial charge in [-0.2, -0.15) is 0 Å². The van der Waals surface area contributed by atoms with E-state index in [-0.39, 0.29) is 0 Å². The lowest BCUT2D eigenvalue weighted by Gasteiger charge is -2.11. The molecule has 1 aliphatic heterocycles. The fraction of sp³-hybridized carbons (Fsp3) is 0.182. The lowest BCUT2D eigenvalue weighted by atomic mass is 10.1. The molecule has 150 valence electrons. The summed E-state index contributed by atoms with van der Waals surface area (Å²) in [6.45, 7) is 5.90. The van der Waals surface area contributed by atoms with Crippen LogP contribution in [0.2, 0.25) is 10.0 Å². The van der Waals surface area contributed by atoms with Crippen molar-refractivity contribution in [2.45, 2.75) is 27.2 Å². The number of aromatic nitrogens is 5. The van der Waals surface area contributed by atoms with Crippen LogP contribution >= 0.6 is 23.2 Å². The van der Waals surface area contributed by atoms with Crippen molar-refractivity contribution >= 4 is 34.6 Å². The zero-order chi connectivity index (χ0) is 21.0. The maximum atomic E-state index is 6.30. The fourth-order valence-electron chi connectivity index (χ4n) is 3.88. The average Bonchev–Trinajstić information content (AvgIpc) is 3.20. The standard InChI is InChI=1S/C22H18Cl2N6/c1-12-11-25-22-10-19(26-20-8-17(23)18(24)9-21(20)29(12)22)15-4-6-16(7-5-15)30-13(2)27-28-14(30)3/h4-9,11H,10H2,1-3H3. The van der Waals surface area contributed by atoms with Crippen molar-refractivity contribution in [3.05, 3.63) is 81.4 Å². The van der Waals surface area contributed by atoms with Crippen molar-refractivity contribution in [2.75, 3.05) is 0 Å². The average molecular weight is 437 g/mol. The van der Waals surface area contributed by atoms with E-state index in [1.807, 2.05) is 43.7 Å².